The summed E-state index contributed by atoms with van der Waals surface area (Å²) in [6.45, 7) is 13.7. The fraction of sp³-hybridized carbons (Fsp3) is 1.00. The molecule has 2 aliphatic rings. The Labute approximate surface area is 126 Å². The van der Waals surface area contributed by atoms with Gasteiger partial charge in [0, 0.05) is 13.1 Å². The number of hydrogen-bond acceptors (Lipinski definition) is 2. The standard InChI is InChI=1S/C18H36N2/c1-4-8-18(9-7-12-19-15-18)16-20-13-10-17(5-2,6-3)11-14-20/h19H,4-16H2,1-3H3. The van der Waals surface area contributed by atoms with Crippen LogP contribution in [0, 0.1) is 10.8 Å². The zero-order valence-corrected chi connectivity index (χ0v) is 14.1. The van der Waals surface area contributed by atoms with Crippen LogP contribution < -0.4 is 5.32 Å². The summed E-state index contributed by atoms with van der Waals surface area (Å²) in [5.74, 6) is 0. The van der Waals surface area contributed by atoms with Crippen LogP contribution in [0.5, 0.6) is 0 Å². The quantitative estimate of drug-likeness (QED) is 0.789. The highest BCUT2D eigenvalue weighted by atomic mass is 15.1. The summed E-state index contributed by atoms with van der Waals surface area (Å²) in [4.78, 5) is 2.78. The largest absolute Gasteiger partial charge is 0.316 e. The minimum absolute atomic E-state index is 0.575. The number of rotatable bonds is 6. The van der Waals surface area contributed by atoms with Gasteiger partial charge >= 0.3 is 0 Å². The van der Waals surface area contributed by atoms with Crippen molar-refractivity contribution in [3.05, 3.63) is 0 Å². The zero-order chi connectivity index (χ0) is 14.5. The van der Waals surface area contributed by atoms with E-state index >= 15 is 0 Å². The van der Waals surface area contributed by atoms with Crippen molar-refractivity contribution in [1.82, 2.24) is 10.2 Å². The van der Waals surface area contributed by atoms with E-state index in [-0.39, 0.29) is 0 Å². The first-order valence-electron chi connectivity index (χ1n) is 9.11. The number of piperidine rings is 2. The second-order valence-electron chi connectivity index (χ2n) is 7.51. The molecule has 0 bridgehead atoms. The molecular weight excluding hydrogens is 244 g/mol. The minimum Gasteiger partial charge on any atom is -0.316 e. The third-order valence-electron chi connectivity index (χ3n) is 6.32. The van der Waals surface area contributed by atoms with Crippen LogP contribution in [0.4, 0.5) is 0 Å². The lowest BCUT2D eigenvalue weighted by atomic mass is 9.72. The van der Waals surface area contributed by atoms with Crippen molar-refractivity contribution in [2.75, 3.05) is 32.7 Å². The molecule has 0 aromatic carbocycles. The average molecular weight is 280 g/mol. The Hall–Kier alpha value is -0.0800. The zero-order valence-electron chi connectivity index (χ0n) is 14.1. The van der Waals surface area contributed by atoms with Crippen LogP contribution >= 0.6 is 0 Å². The van der Waals surface area contributed by atoms with Gasteiger partial charge in [-0.1, -0.05) is 40.0 Å². The van der Waals surface area contributed by atoms with Gasteiger partial charge in [0.2, 0.25) is 0 Å². The molecule has 0 aliphatic carbocycles. The lowest BCUT2D eigenvalue weighted by molar-refractivity contribution is 0.0453. The summed E-state index contributed by atoms with van der Waals surface area (Å²) in [5, 5.41) is 3.66. The van der Waals surface area contributed by atoms with Gasteiger partial charge in [0.25, 0.3) is 0 Å². The third kappa shape index (κ3) is 3.76. The maximum atomic E-state index is 3.66. The molecule has 0 saturated carbocycles. The van der Waals surface area contributed by atoms with Crippen LogP contribution in [0.3, 0.4) is 0 Å². The highest BCUT2D eigenvalue weighted by Crippen LogP contribution is 2.40. The molecule has 0 radical (unpaired) electrons. The van der Waals surface area contributed by atoms with E-state index < -0.39 is 0 Å². The lowest BCUT2D eigenvalue weighted by Crippen LogP contribution is -2.50. The van der Waals surface area contributed by atoms with Crippen LogP contribution in [0.25, 0.3) is 0 Å². The van der Waals surface area contributed by atoms with Crippen LogP contribution in [-0.2, 0) is 0 Å². The second-order valence-corrected chi connectivity index (χ2v) is 7.51. The predicted octanol–water partition coefficient (Wildman–Crippen LogP) is 4.06. The van der Waals surface area contributed by atoms with Gasteiger partial charge in [0.1, 0.15) is 0 Å². The Morgan fingerprint density at radius 2 is 1.65 bits per heavy atom. The Morgan fingerprint density at radius 1 is 0.950 bits per heavy atom. The van der Waals surface area contributed by atoms with Gasteiger partial charge < -0.3 is 10.2 Å². The van der Waals surface area contributed by atoms with E-state index in [1.54, 1.807) is 0 Å². The van der Waals surface area contributed by atoms with Crippen molar-refractivity contribution >= 4 is 0 Å². The smallest absolute Gasteiger partial charge is 0.00502 e. The van der Waals surface area contributed by atoms with E-state index in [1.807, 2.05) is 0 Å². The summed E-state index contributed by atoms with van der Waals surface area (Å²) in [6, 6.07) is 0. The van der Waals surface area contributed by atoms with Gasteiger partial charge in [0.05, 0.1) is 0 Å². The number of nitrogens with zero attached hydrogens (tertiary/aromatic N) is 1. The van der Waals surface area contributed by atoms with Crippen molar-refractivity contribution in [3.63, 3.8) is 0 Å². The summed E-state index contributed by atoms with van der Waals surface area (Å²) in [5.41, 5.74) is 1.24. The van der Waals surface area contributed by atoms with Crippen molar-refractivity contribution in [2.24, 2.45) is 10.8 Å². The van der Waals surface area contributed by atoms with Gasteiger partial charge in [-0.25, -0.2) is 0 Å². The van der Waals surface area contributed by atoms with Crippen molar-refractivity contribution in [1.29, 1.82) is 0 Å². The lowest BCUT2D eigenvalue weighted by Gasteiger charge is -2.46. The first-order chi connectivity index (χ1) is 9.67. The van der Waals surface area contributed by atoms with E-state index in [0.29, 0.717) is 10.8 Å². The SMILES string of the molecule is CCCC1(CN2CCC(CC)(CC)CC2)CCCNC1. The molecule has 2 nitrogen and oxygen atoms in total. The molecular formula is C18H36N2. The molecule has 2 rings (SSSR count). The maximum Gasteiger partial charge on any atom is 0.00502 e. The Bertz CT molecular complexity index is 262. The Balaban J connectivity index is 1.89. The van der Waals surface area contributed by atoms with Crippen LogP contribution in [0.15, 0.2) is 0 Å². The summed E-state index contributed by atoms with van der Waals surface area (Å²) in [6.07, 6.45) is 11.2. The molecule has 1 unspecified atom stereocenters. The predicted molar refractivity (Wildman–Crippen MR) is 88.1 cm³/mol. The van der Waals surface area contributed by atoms with Crippen LogP contribution in [0.1, 0.15) is 72.1 Å². The fourth-order valence-electron chi connectivity index (χ4n) is 4.60. The molecule has 0 aromatic rings. The van der Waals surface area contributed by atoms with E-state index in [9.17, 15) is 0 Å². The van der Waals surface area contributed by atoms with Gasteiger partial charge in [0.15, 0.2) is 0 Å². The molecule has 0 spiro atoms. The molecule has 1 N–H and O–H groups in total. The molecule has 1 atom stereocenters. The third-order valence-corrected chi connectivity index (χ3v) is 6.32. The minimum atomic E-state index is 0.575. The summed E-state index contributed by atoms with van der Waals surface area (Å²) >= 11 is 0. The van der Waals surface area contributed by atoms with Crippen LogP contribution in [-0.4, -0.2) is 37.6 Å². The van der Waals surface area contributed by atoms with Crippen molar-refractivity contribution in [2.45, 2.75) is 72.1 Å². The van der Waals surface area contributed by atoms with Gasteiger partial charge in [-0.2, -0.15) is 0 Å². The fourth-order valence-corrected chi connectivity index (χ4v) is 4.60. The molecule has 0 amide bonds. The Kier molecular flexibility index (Phi) is 5.92. The second kappa shape index (κ2) is 7.26. The molecule has 20 heavy (non-hydrogen) atoms. The number of nitrogens with one attached hydrogen (secondary N) is 1. The first-order valence-corrected chi connectivity index (χ1v) is 9.11. The van der Waals surface area contributed by atoms with Crippen LogP contribution in [0.2, 0.25) is 0 Å². The molecule has 118 valence electrons. The number of hydrogen-bond donors (Lipinski definition) is 1. The highest BCUT2D eigenvalue weighted by Gasteiger charge is 2.36. The number of likely N-dealkylation sites (tertiary alicyclic amines) is 1. The molecule has 2 heterocycles. The maximum absolute atomic E-state index is 3.66. The highest BCUT2D eigenvalue weighted by molar-refractivity contribution is 4.91. The van der Waals surface area contributed by atoms with Crippen molar-refractivity contribution < 1.29 is 0 Å². The van der Waals surface area contributed by atoms with Gasteiger partial charge in [-0.05, 0) is 62.6 Å². The normalized spacial score (nSPS) is 31.4. The molecule has 2 fully saturated rings. The first kappa shape index (κ1) is 16.3. The Morgan fingerprint density at radius 3 is 2.15 bits per heavy atom. The van der Waals surface area contributed by atoms with Gasteiger partial charge in [-0.3, -0.25) is 0 Å². The monoisotopic (exact) mass is 280 g/mol. The van der Waals surface area contributed by atoms with E-state index in [2.05, 4.69) is 31.0 Å². The topological polar surface area (TPSA) is 15.3 Å². The van der Waals surface area contributed by atoms with Crippen molar-refractivity contribution in [3.8, 4) is 0 Å². The van der Waals surface area contributed by atoms with E-state index in [0.717, 1.165) is 0 Å². The average Bonchev–Trinajstić information content (AvgIpc) is 2.49. The molecule has 2 aliphatic heterocycles. The molecule has 2 saturated heterocycles. The van der Waals surface area contributed by atoms with E-state index in [4.69, 9.17) is 0 Å². The molecule has 2 heteroatoms. The summed E-state index contributed by atoms with van der Waals surface area (Å²) < 4.78 is 0. The van der Waals surface area contributed by atoms with E-state index in [1.165, 1.54) is 84.1 Å². The van der Waals surface area contributed by atoms with Gasteiger partial charge in [-0.15, -0.1) is 0 Å². The summed E-state index contributed by atoms with van der Waals surface area (Å²) in [7, 11) is 0. The molecule has 0 aromatic heterocycles.